The molecule has 0 saturated carbocycles. The molecule has 112 valence electrons. The van der Waals surface area contributed by atoms with Crippen molar-refractivity contribution in [3.63, 3.8) is 0 Å². The van der Waals surface area contributed by atoms with E-state index in [9.17, 15) is 13.2 Å². The van der Waals surface area contributed by atoms with Gasteiger partial charge in [-0.1, -0.05) is 52.3 Å². The highest BCUT2D eigenvalue weighted by molar-refractivity contribution is 9.10. The smallest absolute Gasteiger partial charge is 0.213 e. The summed E-state index contributed by atoms with van der Waals surface area (Å²) in [5.74, 6) is -1.03. The molecule has 7 heteroatoms. The van der Waals surface area contributed by atoms with Gasteiger partial charge in [-0.2, -0.15) is 13.2 Å². The van der Waals surface area contributed by atoms with E-state index >= 15 is 0 Å². The maximum absolute atomic E-state index is 13.0. The molecule has 3 rings (SSSR count). The van der Waals surface area contributed by atoms with Gasteiger partial charge in [0.1, 0.15) is 0 Å². The second-order valence-electron chi connectivity index (χ2n) is 4.48. The molecule has 0 bridgehead atoms. The van der Waals surface area contributed by atoms with E-state index in [1.807, 2.05) is 0 Å². The fourth-order valence-electron chi connectivity index (χ4n) is 2.00. The van der Waals surface area contributed by atoms with Gasteiger partial charge in [0, 0.05) is 10.0 Å². The van der Waals surface area contributed by atoms with Crippen LogP contribution in [-0.2, 0) is 6.18 Å². The Bertz CT molecular complexity index is 797. The van der Waals surface area contributed by atoms with Crippen molar-refractivity contribution in [1.29, 1.82) is 0 Å². The van der Waals surface area contributed by atoms with Crippen LogP contribution in [0.5, 0.6) is 0 Å². The molecule has 1 aromatic heterocycles. The molecular formula is C15H9BrF3N3. The van der Waals surface area contributed by atoms with Crippen LogP contribution in [0.3, 0.4) is 0 Å². The van der Waals surface area contributed by atoms with Crippen LogP contribution in [0.25, 0.3) is 17.1 Å². The zero-order valence-corrected chi connectivity index (χ0v) is 12.6. The summed E-state index contributed by atoms with van der Waals surface area (Å²) in [6.45, 7) is 0. The van der Waals surface area contributed by atoms with Gasteiger partial charge in [0.15, 0.2) is 5.82 Å². The van der Waals surface area contributed by atoms with E-state index in [1.165, 1.54) is 4.68 Å². The van der Waals surface area contributed by atoms with E-state index < -0.39 is 12.0 Å². The zero-order chi connectivity index (χ0) is 15.7. The predicted octanol–water partition coefficient (Wildman–Crippen LogP) is 4.72. The van der Waals surface area contributed by atoms with Crippen molar-refractivity contribution < 1.29 is 13.2 Å². The standard InChI is InChI=1S/C15H9BrF3N3/c16-12-9-5-4-8-11(12)13-20-14(15(17,18)19)21-22(13)10-6-2-1-3-7-10/h1-9H. The van der Waals surface area contributed by atoms with Crippen LogP contribution in [0.4, 0.5) is 13.2 Å². The lowest BCUT2D eigenvalue weighted by Crippen LogP contribution is -2.08. The summed E-state index contributed by atoms with van der Waals surface area (Å²) in [7, 11) is 0. The zero-order valence-electron chi connectivity index (χ0n) is 11.0. The third-order valence-electron chi connectivity index (χ3n) is 2.98. The number of halogens is 4. The molecule has 0 atom stereocenters. The first-order valence-electron chi connectivity index (χ1n) is 6.31. The summed E-state index contributed by atoms with van der Waals surface area (Å²) >= 11 is 3.34. The molecule has 3 aromatic rings. The van der Waals surface area contributed by atoms with Crippen LogP contribution in [0.2, 0.25) is 0 Å². The molecule has 2 aromatic carbocycles. The van der Waals surface area contributed by atoms with Gasteiger partial charge in [0.2, 0.25) is 0 Å². The fraction of sp³-hybridized carbons (Fsp3) is 0.0667. The number of alkyl halides is 3. The van der Waals surface area contributed by atoms with E-state index in [0.717, 1.165) is 0 Å². The summed E-state index contributed by atoms with van der Waals surface area (Å²) in [4.78, 5) is 3.69. The van der Waals surface area contributed by atoms with Crippen LogP contribution in [-0.4, -0.2) is 14.8 Å². The molecule has 0 saturated heterocycles. The van der Waals surface area contributed by atoms with Crippen LogP contribution in [0.1, 0.15) is 5.82 Å². The van der Waals surface area contributed by atoms with Gasteiger partial charge in [0.25, 0.3) is 5.82 Å². The molecule has 0 fully saturated rings. The third kappa shape index (κ3) is 2.76. The van der Waals surface area contributed by atoms with Crippen molar-refractivity contribution >= 4 is 15.9 Å². The normalized spacial score (nSPS) is 11.6. The lowest BCUT2D eigenvalue weighted by Gasteiger charge is -2.07. The van der Waals surface area contributed by atoms with E-state index in [0.29, 0.717) is 15.7 Å². The molecule has 0 spiro atoms. The van der Waals surface area contributed by atoms with E-state index in [2.05, 4.69) is 26.0 Å². The SMILES string of the molecule is FC(F)(F)c1nc(-c2ccccc2Br)n(-c2ccccc2)n1. The third-order valence-corrected chi connectivity index (χ3v) is 3.67. The number of aromatic nitrogens is 3. The lowest BCUT2D eigenvalue weighted by atomic mass is 10.2. The van der Waals surface area contributed by atoms with Crippen molar-refractivity contribution in [2.24, 2.45) is 0 Å². The van der Waals surface area contributed by atoms with Gasteiger partial charge < -0.3 is 0 Å². The first kappa shape index (κ1) is 14.8. The van der Waals surface area contributed by atoms with E-state index in [-0.39, 0.29) is 5.82 Å². The number of nitrogens with zero attached hydrogens (tertiary/aromatic N) is 3. The maximum Gasteiger partial charge on any atom is 0.453 e. The fourth-order valence-corrected chi connectivity index (χ4v) is 2.46. The molecular weight excluding hydrogens is 359 g/mol. The first-order chi connectivity index (χ1) is 10.5. The molecule has 3 nitrogen and oxygen atoms in total. The summed E-state index contributed by atoms with van der Waals surface area (Å²) in [5.41, 5.74) is 1.05. The molecule has 0 unspecified atom stereocenters. The van der Waals surface area contributed by atoms with Crippen LogP contribution >= 0.6 is 15.9 Å². The quantitative estimate of drug-likeness (QED) is 0.656. The Hall–Kier alpha value is -2.15. The summed E-state index contributed by atoms with van der Waals surface area (Å²) in [6, 6.07) is 15.5. The number of benzene rings is 2. The summed E-state index contributed by atoms with van der Waals surface area (Å²) < 4.78 is 40.7. The van der Waals surface area contributed by atoms with Crippen LogP contribution < -0.4 is 0 Å². The van der Waals surface area contributed by atoms with Gasteiger partial charge in [-0.25, -0.2) is 9.67 Å². The Labute approximate surface area is 132 Å². The summed E-state index contributed by atoms with van der Waals surface area (Å²) in [5, 5.41) is 3.63. The average Bonchev–Trinajstić information content (AvgIpc) is 2.94. The Balaban J connectivity index is 2.25. The molecule has 0 aliphatic heterocycles. The Morgan fingerprint density at radius 2 is 1.55 bits per heavy atom. The van der Waals surface area contributed by atoms with Gasteiger partial charge in [-0.3, -0.25) is 0 Å². The Kier molecular flexibility index (Phi) is 3.74. The van der Waals surface area contributed by atoms with E-state index in [1.54, 1.807) is 54.6 Å². The maximum atomic E-state index is 13.0. The molecule has 0 radical (unpaired) electrons. The molecule has 0 aliphatic rings. The Morgan fingerprint density at radius 3 is 2.18 bits per heavy atom. The van der Waals surface area contributed by atoms with Crippen molar-refractivity contribution in [1.82, 2.24) is 14.8 Å². The topological polar surface area (TPSA) is 30.7 Å². The molecule has 22 heavy (non-hydrogen) atoms. The number of hydrogen-bond donors (Lipinski definition) is 0. The van der Waals surface area contributed by atoms with Gasteiger partial charge in [-0.15, -0.1) is 5.10 Å². The Morgan fingerprint density at radius 1 is 0.909 bits per heavy atom. The highest BCUT2D eigenvalue weighted by atomic mass is 79.9. The monoisotopic (exact) mass is 367 g/mol. The van der Waals surface area contributed by atoms with Gasteiger partial charge in [-0.05, 0) is 18.2 Å². The molecule has 0 N–H and O–H groups in total. The minimum Gasteiger partial charge on any atom is -0.213 e. The predicted molar refractivity (Wildman–Crippen MR) is 79.5 cm³/mol. The van der Waals surface area contributed by atoms with Crippen LogP contribution in [0.15, 0.2) is 59.1 Å². The second-order valence-corrected chi connectivity index (χ2v) is 5.34. The van der Waals surface area contributed by atoms with Crippen LogP contribution in [0, 0.1) is 0 Å². The van der Waals surface area contributed by atoms with Crippen molar-refractivity contribution in [3.8, 4) is 17.1 Å². The second kappa shape index (κ2) is 5.57. The largest absolute Gasteiger partial charge is 0.453 e. The highest BCUT2D eigenvalue weighted by Gasteiger charge is 2.37. The molecule has 0 amide bonds. The highest BCUT2D eigenvalue weighted by Crippen LogP contribution is 2.32. The summed E-state index contributed by atoms with van der Waals surface area (Å²) in [6.07, 6.45) is -4.60. The van der Waals surface area contributed by atoms with Crippen molar-refractivity contribution in [2.45, 2.75) is 6.18 Å². The first-order valence-corrected chi connectivity index (χ1v) is 7.10. The number of rotatable bonds is 2. The van der Waals surface area contributed by atoms with E-state index in [4.69, 9.17) is 0 Å². The van der Waals surface area contributed by atoms with Crippen molar-refractivity contribution in [2.75, 3.05) is 0 Å². The minimum absolute atomic E-state index is 0.131. The number of hydrogen-bond acceptors (Lipinski definition) is 2. The minimum atomic E-state index is -4.60. The molecule has 1 heterocycles. The molecule has 0 aliphatic carbocycles. The van der Waals surface area contributed by atoms with Crippen molar-refractivity contribution in [3.05, 3.63) is 64.9 Å². The lowest BCUT2D eigenvalue weighted by molar-refractivity contribution is -0.144. The average molecular weight is 368 g/mol. The number of para-hydroxylation sites is 1. The van der Waals surface area contributed by atoms with Gasteiger partial charge >= 0.3 is 6.18 Å². The van der Waals surface area contributed by atoms with Gasteiger partial charge in [0.05, 0.1) is 5.69 Å².